The zero-order valence-corrected chi connectivity index (χ0v) is 15.6. The van der Waals surface area contributed by atoms with Gasteiger partial charge in [-0.05, 0) is 62.2 Å². The van der Waals surface area contributed by atoms with Gasteiger partial charge >= 0.3 is 0 Å². The van der Waals surface area contributed by atoms with Crippen molar-refractivity contribution in [3.63, 3.8) is 0 Å². The minimum Gasteiger partial charge on any atom is -0.489 e. The molecule has 0 saturated heterocycles. The fourth-order valence-corrected chi connectivity index (χ4v) is 2.64. The lowest BCUT2D eigenvalue weighted by Crippen LogP contribution is -2.15. The number of carbonyl (C=O) groups is 1. The smallest absolute Gasteiger partial charge is 0.278 e. The second kappa shape index (κ2) is 7.62. The number of ether oxygens (including phenoxy) is 1. The molecule has 0 fully saturated rings. The highest BCUT2D eigenvalue weighted by molar-refractivity contribution is 6.30. The summed E-state index contributed by atoms with van der Waals surface area (Å²) in [6.07, 6.45) is 0. The molecule has 1 amide bonds. The van der Waals surface area contributed by atoms with E-state index < -0.39 is 0 Å². The summed E-state index contributed by atoms with van der Waals surface area (Å²) >= 11 is 5.96. The Bertz CT molecular complexity index is 950. The SMILES string of the molecule is Cc1ccc(NC(=O)c2noc(C)c2COc2cccc(Cl)c2)cc1C. The summed E-state index contributed by atoms with van der Waals surface area (Å²) in [4.78, 5) is 12.6. The van der Waals surface area contributed by atoms with Crippen molar-refractivity contribution >= 4 is 23.2 Å². The Morgan fingerprint density at radius 3 is 2.69 bits per heavy atom. The summed E-state index contributed by atoms with van der Waals surface area (Å²) in [6, 6.07) is 12.8. The topological polar surface area (TPSA) is 64.4 Å². The molecule has 0 spiro atoms. The molecule has 0 radical (unpaired) electrons. The van der Waals surface area contributed by atoms with Crippen LogP contribution in [0.2, 0.25) is 5.02 Å². The van der Waals surface area contributed by atoms with Crippen LogP contribution in [0.1, 0.15) is 32.9 Å². The average Bonchev–Trinajstić information content (AvgIpc) is 2.97. The first-order valence-electron chi connectivity index (χ1n) is 8.16. The van der Waals surface area contributed by atoms with Gasteiger partial charge in [0.2, 0.25) is 0 Å². The number of nitrogens with one attached hydrogen (secondary N) is 1. The van der Waals surface area contributed by atoms with Gasteiger partial charge in [0, 0.05) is 10.7 Å². The molecule has 0 unspecified atom stereocenters. The van der Waals surface area contributed by atoms with Crippen LogP contribution in [-0.2, 0) is 6.61 Å². The predicted octanol–water partition coefficient (Wildman–Crippen LogP) is 5.08. The van der Waals surface area contributed by atoms with E-state index in [0.29, 0.717) is 27.8 Å². The van der Waals surface area contributed by atoms with Crippen molar-refractivity contribution in [3.05, 3.63) is 75.6 Å². The van der Waals surface area contributed by atoms with Crippen molar-refractivity contribution in [2.45, 2.75) is 27.4 Å². The zero-order valence-electron chi connectivity index (χ0n) is 14.8. The lowest BCUT2D eigenvalue weighted by Gasteiger charge is -2.09. The molecule has 0 bridgehead atoms. The van der Waals surface area contributed by atoms with Gasteiger partial charge in [-0.1, -0.05) is 28.9 Å². The summed E-state index contributed by atoms with van der Waals surface area (Å²) in [7, 11) is 0. The van der Waals surface area contributed by atoms with Gasteiger partial charge in [0.05, 0.1) is 5.56 Å². The molecule has 3 rings (SSSR count). The van der Waals surface area contributed by atoms with Crippen LogP contribution in [0.3, 0.4) is 0 Å². The number of amides is 1. The molecule has 1 aromatic heterocycles. The van der Waals surface area contributed by atoms with Crippen molar-refractivity contribution in [2.24, 2.45) is 0 Å². The Morgan fingerprint density at radius 1 is 1.15 bits per heavy atom. The number of nitrogens with zero attached hydrogens (tertiary/aromatic N) is 1. The fourth-order valence-electron chi connectivity index (χ4n) is 2.46. The van der Waals surface area contributed by atoms with Crippen LogP contribution in [0.25, 0.3) is 0 Å². The van der Waals surface area contributed by atoms with Crippen LogP contribution in [0.4, 0.5) is 5.69 Å². The van der Waals surface area contributed by atoms with E-state index in [1.54, 1.807) is 31.2 Å². The molecule has 26 heavy (non-hydrogen) atoms. The molecule has 1 N–H and O–H groups in total. The number of benzene rings is 2. The Kier molecular flexibility index (Phi) is 5.28. The fraction of sp³-hybridized carbons (Fsp3) is 0.200. The quantitative estimate of drug-likeness (QED) is 0.679. The molecule has 0 atom stereocenters. The van der Waals surface area contributed by atoms with Gasteiger partial charge < -0.3 is 14.6 Å². The first-order valence-corrected chi connectivity index (χ1v) is 8.54. The Hall–Kier alpha value is -2.79. The van der Waals surface area contributed by atoms with E-state index in [1.807, 2.05) is 32.0 Å². The zero-order chi connectivity index (χ0) is 18.7. The monoisotopic (exact) mass is 370 g/mol. The van der Waals surface area contributed by atoms with Crippen LogP contribution < -0.4 is 10.1 Å². The molecular weight excluding hydrogens is 352 g/mol. The lowest BCUT2D eigenvalue weighted by molar-refractivity contribution is 0.101. The Labute approximate surface area is 156 Å². The number of carbonyl (C=O) groups excluding carboxylic acids is 1. The molecule has 0 saturated carbocycles. The van der Waals surface area contributed by atoms with Gasteiger partial charge in [-0.15, -0.1) is 0 Å². The maximum Gasteiger partial charge on any atom is 0.278 e. The first kappa shape index (κ1) is 18.0. The molecular formula is C20H19ClN2O3. The number of rotatable bonds is 5. The summed E-state index contributed by atoms with van der Waals surface area (Å²) in [6.45, 7) is 5.92. The molecule has 0 aliphatic heterocycles. The second-order valence-corrected chi connectivity index (χ2v) is 6.50. The van der Waals surface area contributed by atoms with E-state index in [-0.39, 0.29) is 18.2 Å². The van der Waals surface area contributed by atoms with E-state index in [1.165, 1.54) is 0 Å². The lowest BCUT2D eigenvalue weighted by atomic mass is 10.1. The number of hydrogen-bond donors (Lipinski definition) is 1. The maximum atomic E-state index is 12.6. The van der Waals surface area contributed by atoms with Crippen LogP contribution >= 0.6 is 11.6 Å². The van der Waals surface area contributed by atoms with E-state index in [9.17, 15) is 4.79 Å². The third kappa shape index (κ3) is 4.06. The van der Waals surface area contributed by atoms with Gasteiger partial charge in [-0.2, -0.15) is 0 Å². The number of aryl methyl sites for hydroxylation is 3. The number of anilines is 1. The third-order valence-electron chi connectivity index (χ3n) is 4.14. The van der Waals surface area contributed by atoms with E-state index in [2.05, 4.69) is 10.5 Å². The molecule has 5 nitrogen and oxygen atoms in total. The largest absolute Gasteiger partial charge is 0.489 e. The molecule has 6 heteroatoms. The molecule has 134 valence electrons. The van der Waals surface area contributed by atoms with Gasteiger partial charge in [-0.3, -0.25) is 4.79 Å². The summed E-state index contributed by atoms with van der Waals surface area (Å²) in [5.74, 6) is 0.811. The van der Waals surface area contributed by atoms with Crippen molar-refractivity contribution < 1.29 is 14.1 Å². The molecule has 3 aromatic rings. The highest BCUT2D eigenvalue weighted by Crippen LogP contribution is 2.22. The van der Waals surface area contributed by atoms with Crippen LogP contribution in [0.15, 0.2) is 47.0 Å². The highest BCUT2D eigenvalue weighted by atomic mass is 35.5. The first-order chi connectivity index (χ1) is 12.4. The van der Waals surface area contributed by atoms with E-state index >= 15 is 0 Å². The maximum absolute atomic E-state index is 12.6. The van der Waals surface area contributed by atoms with Crippen molar-refractivity contribution in [1.82, 2.24) is 5.16 Å². The molecule has 0 aliphatic rings. The van der Waals surface area contributed by atoms with E-state index in [4.69, 9.17) is 20.9 Å². The minimum atomic E-state index is -0.338. The van der Waals surface area contributed by atoms with Crippen LogP contribution in [0.5, 0.6) is 5.75 Å². The minimum absolute atomic E-state index is 0.158. The standard InChI is InChI=1S/C20H19ClN2O3/c1-12-7-8-16(9-13(12)2)22-20(24)19-18(14(3)26-23-19)11-25-17-6-4-5-15(21)10-17/h4-10H,11H2,1-3H3,(H,22,24). The predicted molar refractivity (Wildman–Crippen MR) is 101 cm³/mol. The normalized spacial score (nSPS) is 10.6. The van der Waals surface area contributed by atoms with Crippen LogP contribution in [-0.4, -0.2) is 11.1 Å². The molecule has 0 aliphatic carbocycles. The number of halogens is 1. The van der Waals surface area contributed by atoms with Gasteiger partial charge in [-0.25, -0.2) is 0 Å². The summed E-state index contributed by atoms with van der Waals surface area (Å²) in [5, 5.41) is 7.32. The van der Waals surface area contributed by atoms with Gasteiger partial charge in [0.25, 0.3) is 5.91 Å². The van der Waals surface area contributed by atoms with Gasteiger partial charge in [0.15, 0.2) is 5.69 Å². The number of aromatic nitrogens is 1. The Morgan fingerprint density at radius 2 is 1.96 bits per heavy atom. The molecule has 2 aromatic carbocycles. The van der Waals surface area contributed by atoms with Crippen molar-refractivity contribution in [2.75, 3.05) is 5.32 Å². The van der Waals surface area contributed by atoms with Crippen molar-refractivity contribution in [3.8, 4) is 5.75 Å². The third-order valence-corrected chi connectivity index (χ3v) is 4.38. The van der Waals surface area contributed by atoms with E-state index in [0.717, 1.165) is 11.1 Å². The van der Waals surface area contributed by atoms with Crippen molar-refractivity contribution in [1.29, 1.82) is 0 Å². The van der Waals surface area contributed by atoms with Gasteiger partial charge in [0.1, 0.15) is 18.1 Å². The number of hydrogen-bond acceptors (Lipinski definition) is 4. The van der Waals surface area contributed by atoms with Crippen LogP contribution in [0, 0.1) is 20.8 Å². The highest BCUT2D eigenvalue weighted by Gasteiger charge is 2.20. The molecule has 1 heterocycles. The second-order valence-electron chi connectivity index (χ2n) is 6.07. The summed E-state index contributed by atoms with van der Waals surface area (Å²) in [5.41, 5.74) is 3.79. The Balaban J connectivity index is 1.76. The summed E-state index contributed by atoms with van der Waals surface area (Å²) < 4.78 is 10.9. The average molecular weight is 371 g/mol.